The molecule has 2 rings (SSSR count). The van der Waals surface area contributed by atoms with Gasteiger partial charge < -0.3 is 14.5 Å². The van der Waals surface area contributed by atoms with Crippen LogP contribution in [0, 0.1) is 13.8 Å². The normalized spacial score (nSPS) is 11.8. The number of esters is 1. The van der Waals surface area contributed by atoms with Crippen LogP contribution in [0.15, 0.2) is 34.7 Å². The molecule has 0 bridgehead atoms. The third-order valence-electron chi connectivity index (χ3n) is 3.46. The van der Waals surface area contributed by atoms with Gasteiger partial charge in [-0.05, 0) is 37.6 Å². The molecule has 1 N–H and O–H groups in total. The molecule has 122 valence electrons. The van der Waals surface area contributed by atoms with Crippen molar-refractivity contribution in [3.05, 3.63) is 58.0 Å². The largest absolute Gasteiger partial charge is 0.469 e. The number of hydrogen-bond acceptors (Lipinski definition) is 4. The summed E-state index contributed by atoms with van der Waals surface area (Å²) in [5.41, 5.74) is 1.22. The van der Waals surface area contributed by atoms with Gasteiger partial charge in [0, 0.05) is 5.02 Å². The van der Waals surface area contributed by atoms with Gasteiger partial charge in [-0.15, -0.1) is 0 Å². The Kier molecular flexibility index (Phi) is 5.45. The van der Waals surface area contributed by atoms with Crippen LogP contribution >= 0.6 is 11.6 Å². The number of amides is 1. The summed E-state index contributed by atoms with van der Waals surface area (Å²) in [5, 5.41) is 3.43. The molecular formula is C17H18ClNO4. The smallest absolute Gasteiger partial charge is 0.307 e. The van der Waals surface area contributed by atoms with E-state index in [2.05, 4.69) is 5.32 Å². The van der Waals surface area contributed by atoms with Crippen molar-refractivity contribution in [2.75, 3.05) is 7.11 Å². The first-order valence-corrected chi connectivity index (χ1v) is 7.48. The van der Waals surface area contributed by atoms with E-state index in [1.165, 1.54) is 7.11 Å². The lowest BCUT2D eigenvalue weighted by atomic mass is 10.0. The van der Waals surface area contributed by atoms with E-state index in [4.69, 9.17) is 20.8 Å². The number of hydrogen-bond donors (Lipinski definition) is 1. The van der Waals surface area contributed by atoms with E-state index in [1.54, 1.807) is 44.2 Å². The van der Waals surface area contributed by atoms with E-state index in [0.717, 1.165) is 5.56 Å². The Balaban J connectivity index is 2.23. The number of carbonyl (C=O) groups excluding carboxylic acids is 2. The highest BCUT2D eigenvalue weighted by molar-refractivity contribution is 6.30. The van der Waals surface area contributed by atoms with Crippen molar-refractivity contribution in [3.8, 4) is 0 Å². The summed E-state index contributed by atoms with van der Waals surface area (Å²) in [6, 6.07) is 8.11. The number of benzene rings is 1. The first-order chi connectivity index (χ1) is 10.9. The summed E-state index contributed by atoms with van der Waals surface area (Å²) in [7, 11) is 1.31. The van der Waals surface area contributed by atoms with Crippen molar-refractivity contribution in [1.29, 1.82) is 0 Å². The minimum absolute atomic E-state index is 0.0275. The number of ether oxygens (including phenoxy) is 1. The van der Waals surface area contributed by atoms with Gasteiger partial charge in [-0.25, -0.2) is 0 Å². The van der Waals surface area contributed by atoms with Crippen molar-refractivity contribution >= 4 is 23.5 Å². The summed E-state index contributed by atoms with van der Waals surface area (Å²) in [6.07, 6.45) is 0.0275. The predicted octanol–water partition coefficient (Wildman–Crippen LogP) is 3.58. The zero-order valence-electron chi connectivity index (χ0n) is 13.2. The van der Waals surface area contributed by atoms with Crippen molar-refractivity contribution in [3.63, 3.8) is 0 Å². The molecule has 5 nitrogen and oxygen atoms in total. The van der Waals surface area contributed by atoms with E-state index in [1.807, 2.05) is 0 Å². The fraction of sp³-hybridized carbons (Fsp3) is 0.294. The van der Waals surface area contributed by atoms with E-state index < -0.39 is 12.0 Å². The molecule has 0 spiro atoms. The van der Waals surface area contributed by atoms with Gasteiger partial charge in [0.05, 0.1) is 25.1 Å². The van der Waals surface area contributed by atoms with Gasteiger partial charge in [-0.3, -0.25) is 9.59 Å². The number of rotatable bonds is 5. The van der Waals surface area contributed by atoms with Crippen LogP contribution in [0.25, 0.3) is 0 Å². The molecule has 1 heterocycles. The summed E-state index contributed by atoms with van der Waals surface area (Å²) in [6.45, 7) is 3.49. The second-order valence-electron chi connectivity index (χ2n) is 5.18. The first-order valence-electron chi connectivity index (χ1n) is 7.11. The van der Waals surface area contributed by atoms with Crippen molar-refractivity contribution < 1.29 is 18.7 Å². The average Bonchev–Trinajstić information content (AvgIpc) is 2.86. The molecule has 1 atom stereocenters. The van der Waals surface area contributed by atoms with E-state index in [-0.39, 0.29) is 12.3 Å². The van der Waals surface area contributed by atoms with Crippen LogP contribution in [0.5, 0.6) is 0 Å². The van der Waals surface area contributed by atoms with E-state index in [9.17, 15) is 9.59 Å². The molecule has 0 saturated heterocycles. The van der Waals surface area contributed by atoms with Crippen LogP contribution in [-0.2, 0) is 9.53 Å². The van der Waals surface area contributed by atoms with Gasteiger partial charge in [0.1, 0.15) is 11.5 Å². The number of nitrogens with one attached hydrogen (secondary N) is 1. The van der Waals surface area contributed by atoms with E-state index in [0.29, 0.717) is 22.1 Å². The molecule has 1 unspecified atom stereocenters. The molecule has 1 aromatic heterocycles. The first kappa shape index (κ1) is 17.1. The standard InChI is InChI=1S/C17H18ClNO4/c1-10-8-14(11(2)23-10)17(21)19-15(9-16(20)22-3)12-4-6-13(18)7-5-12/h4-8,15H,9H2,1-3H3,(H,19,21). The van der Waals surface area contributed by atoms with Crippen LogP contribution in [0.2, 0.25) is 5.02 Å². The van der Waals surface area contributed by atoms with Gasteiger partial charge in [0.2, 0.25) is 0 Å². The Bertz CT molecular complexity index is 706. The van der Waals surface area contributed by atoms with Gasteiger partial charge in [-0.1, -0.05) is 23.7 Å². The third-order valence-corrected chi connectivity index (χ3v) is 3.71. The highest BCUT2D eigenvalue weighted by Crippen LogP contribution is 2.22. The van der Waals surface area contributed by atoms with E-state index >= 15 is 0 Å². The Morgan fingerprint density at radius 1 is 1.26 bits per heavy atom. The maximum absolute atomic E-state index is 12.5. The zero-order valence-corrected chi connectivity index (χ0v) is 13.9. The van der Waals surface area contributed by atoms with Crippen LogP contribution in [0.4, 0.5) is 0 Å². The molecule has 0 radical (unpaired) electrons. The van der Waals surface area contributed by atoms with Crippen molar-refractivity contribution in [2.45, 2.75) is 26.3 Å². The van der Waals surface area contributed by atoms with Gasteiger partial charge in [-0.2, -0.15) is 0 Å². The Hall–Kier alpha value is -2.27. The quantitative estimate of drug-likeness (QED) is 0.848. The van der Waals surface area contributed by atoms with Gasteiger partial charge in [0.15, 0.2) is 0 Å². The van der Waals surface area contributed by atoms with Crippen LogP contribution in [0.1, 0.15) is 39.9 Å². The lowest BCUT2D eigenvalue weighted by Gasteiger charge is -2.18. The average molecular weight is 336 g/mol. The number of furan rings is 1. The van der Waals surface area contributed by atoms with Crippen molar-refractivity contribution in [2.24, 2.45) is 0 Å². The maximum Gasteiger partial charge on any atom is 0.307 e. The molecule has 0 aliphatic carbocycles. The minimum Gasteiger partial charge on any atom is -0.469 e. The van der Waals surface area contributed by atoms with Crippen LogP contribution < -0.4 is 5.32 Å². The summed E-state index contributed by atoms with van der Waals surface area (Å²) >= 11 is 5.88. The fourth-order valence-electron chi connectivity index (χ4n) is 2.29. The second kappa shape index (κ2) is 7.33. The van der Waals surface area contributed by atoms with Crippen LogP contribution in [0.3, 0.4) is 0 Å². The number of aryl methyl sites for hydroxylation is 2. The highest BCUT2D eigenvalue weighted by Gasteiger charge is 2.22. The zero-order chi connectivity index (χ0) is 17.0. The maximum atomic E-state index is 12.5. The molecule has 1 aromatic carbocycles. The molecule has 2 aromatic rings. The molecule has 6 heteroatoms. The SMILES string of the molecule is COC(=O)CC(NC(=O)c1cc(C)oc1C)c1ccc(Cl)cc1. The Morgan fingerprint density at radius 2 is 1.91 bits per heavy atom. The molecule has 0 aliphatic heterocycles. The molecule has 1 amide bonds. The summed E-state index contributed by atoms with van der Waals surface area (Å²) < 4.78 is 10.1. The summed E-state index contributed by atoms with van der Waals surface area (Å²) in [5.74, 6) is 0.477. The Labute approximate surface area is 139 Å². The lowest BCUT2D eigenvalue weighted by Crippen LogP contribution is -2.30. The number of carbonyl (C=O) groups is 2. The summed E-state index contributed by atoms with van der Waals surface area (Å²) in [4.78, 5) is 24.1. The topological polar surface area (TPSA) is 68.5 Å². The predicted molar refractivity (Wildman–Crippen MR) is 86.5 cm³/mol. The number of methoxy groups -OCH3 is 1. The van der Waals surface area contributed by atoms with Gasteiger partial charge in [0.25, 0.3) is 5.91 Å². The second-order valence-corrected chi connectivity index (χ2v) is 5.62. The highest BCUT2D eigenvalue weighted by atomic mass is 35.5. The lowest BCUT2D eigenvalue weighted by molar-refractivity contribution is -0.141. The minimum atomic E-state index is -0.512. The van der Waals surface area contributed by atoms with Crippen LogP contribution in [-0.4, -0.2) is 19.0 Å². The monoisotopic (exact) mass is 335 g/mol. The number of halogens is 1. The third kappa shape index (κ3) is 4.36. The van der Waals surface area contributed by atoms with Gasteiger partial charge >= 0.3 is 5.97 Å². The molecule has 0 fully saturated rings. The van der Waals surface area contributed by atoms with Crippen molar-refractivity contribution in [1.82, 2.24) is 5.32 Å². The fourth-order valence-corrected chi connectivity index (χ4v) is 2.42. The molecular weight excluding hydrogens is 318 g/mol. The Morgan fingerprint density at radius 3 is 2.43 bits per heavy atom. The molecule has 0 saturated carbocycles. The molecule has 23 heavy (non-hydrogen) atoms. The molecule has 0 aliphatic rings.